The van der Waals surface area contributed by atoms with Crippen molar-refractivity contribution in [3.8, 4) is 0 Å². The van der Waals surface area contributed by atoms with Gasteiger partial charge in [0.1, 0.15) is 0 Å². The summed E-state index contributed by atoms with van der Waals surface area (Å²) < 4.78 is 13.6. The van der Waals surface area contributed by atoms with Crippen LogP contribution < -0.4 is 4.90 Å². The molecule has 18 heavy (non-hydrogen) atoms. The molecule has 1 aliphatic heterocycles. The van der Waals surface area contributed by atoms with Crippen molar-refractivity contribution >= 4 is 17.3 Å². The second kappa shape index (κ2) is 4.59. The van der Waals surface area contributed by atoms with Crippen molar-refractivity contribution in [3.05, 3.63) is 34.1 Å². The fourth-order valence-corrected chi connectivity index (χ4v) is 2.09. The smallest absolute Gasteiger partial charge is 0.303 e. The third-order valence-corrected chi connectivity index (χ3v) is 2.90. The van der Waals surface area contributed by atoms with E-state index in [-0.39, 0.29) is 23.7 Å². The molecule has 0 radical (unpaired) electrons. The Morgan fingerprint density at radius 2 is 2.22 bits per heavy atom. The lowest BCUT2D eigenvalue weighted by Crippen LogP contribution is -2.48. The Morgan fingerprint density at radius 1 is 1.56 bits per heavy atom. The van der Waals surface area contributed by atoms with Crippen LogP contribution in [0.1, 0.15) is 6.42 Å². The van der Waals surface area contributed by atoms with E-state index in [0.29, 0.717) is 13.1 Å². The van der Waals surface area contributed by atoms with Gasteiger partial charge in [0.05, 0.1) is 11.3 Å². The minimum absolute atomic E-state index is 0.00124. The van der Waals surface area contributed by atoms with Gasteiger partial charge in [0.15, 0.2) is 11.5 Å². The second-order valence-electron chi connectivity index (χ2n) is 4.23. The monoisotopic (exact) mass is 254 g/mol. The Labute approximate surface area is 102 Å². The molecule has 1 fully saturated rings. The van der Waals surface area contributed by atoms with E-state index in [9.17, 15) is 19.3 Å². The Morgan fingerprint density at radius 3 is 2.78 bits per heavy atom. The molecule has 0 aromatic heterocycles. The highest BCUT2D eigenvalue weighted by atomic mass is 19.1. The molecule has 0 aliphatic carbocycles. The fourth-order valence-electron chi connectivity index (χ4n) is 2.09. The molecule has 0 amide bonds. The van der Waals surface area contributed by atoms with Gasteiger partial charge in [-0.3, -0.25) is 14.9 Å². The number of carboxylic acid groups (broad SMARTS) is 1. The molecule has 1 heterocycles. The van der Waals surface area contributed by atoms with Crippen LogP contribution in [-0.2, 0) is 4.79 Å². The van der Waals surface area contributed by atoms with Crippen molar-refractivity contribution in [3.63, 3.8) is 0 Å². The lowest BCUT2D eigenvalue weighted by atomic mass is 9.95. The predicted octanol–water partition coefficient (Wildman–Crippen LogP) is 1.64. The van der Waals surface area contributed by atoms with Crippen LogP contribution in [0.5, 0.6) is 0 Å². The largest absolute Gasteiger partial charge is 0.481 e. The molecule has 7 heteroatoms. The maximum atomic E-state index is 13.6. The lowest BCUT2D eigenvalue weighted by molar-refractivity contribution is -0.384. The minimum atomic E-state index is -0.914. The van der Waals surface area contributed by atoms with Gasteiger partial charge in [-0.15, -0.1) is 0 Å². The van der Waals surface area contributed by atoms with Crippen LogP contribution >= 0.6 is 0 Å². The highest BCUT2D eigenvalue weighted by Crippen LogP contribution is 2.36. The van der Waals surface area contributed by atoms with E-state index in [0.717, 1.165) is 6.07 Å². The quantitative estimate of drug-likeness (QED) is 0.652. The van der Waals surface area contributed by atoms with Gasteiger partial charge in [-0.1, -0.05) is 6.07 Å². The molecule has 1 N–H and O–H groups in total. The van der Waals surface area contributed by atoms with Crippen LogP contribution in [0.15, 0.2) is 18.2 Å². The SMILES string of the molecule is O=C(O)CC1CN(c2c(F)cccc2[N+](=O)[O-])C1. The first-order valence-electron chi connectivity index (χ1n) is 5.38. The number of benzene rings is 1. The van der Waals surface area contributed by atoms with Crippen molar-refractivity contribution < 1.29 is 19.2 Å². The number of nitro benzene ring substituents is 1. The standard InChI is InChI=1S/C11H11FN2O4/c12-8-2-1-3-9(14(17)18)11(8)13-5-7(6-13)4-10(15)16/h1-3,7H,4-6H2,(H,15,16). The molecule has 2 rings (SSSR count). The summed E-state index contributed by atoms with van der Waals surface area (Å²) in [6, 6.07) is 3.68. The van der Waals surface area contributed by atoms with Crippen LogP contribution in [0.2, 0.25) is 0 Å². The summed E-state index contributed by atoms with van der Waals surface area (Å²) in [6.45, 7) is 0.655. The van der Waals surface area contributed by atoms with Crippen LogP contribution in [-0.4, -0.2) is 29.1 Å². The van der Waals surface area contributed by atoms with E-state index >= 15 is 0 Å². The molecule has 0 bridgehead atoms. The minimum Gasteiger partial charge on any atom is -0.481 e. The van der Waals surface area contributed by atoms with Gasteiger partial charge in [-0.05, 0) is 6.07 Å². The van der Waals surface area contributed by atoms with Crippen LogP contribution in [0, 0.1) is 21.8 Å². The maximum Gasteiger partial charge on any atom is 0.303 e. The third-order valence-electron chi connectivity index (χ3n) is 2.90. The molecule has 1 aromatic carbocycles. The normalized spacial score (nSPS) is 15.3. The van der Waals surface area contributed by atoms with Gasteiger partial charge in [-0.25, -0.2) is 4.39 Å². The molecular formula is C11H11FN2O4. The third kappa shape index (κ3) is 2.24. The number of hydrogen-bond acceptors (Lipinski definition) is 4. The number of para-hydroxylation sites is 1. The predicted molar refractivity (Wildman–Crippen MR) is 61.0 cm³/mol. The number of anilines is 1. The van der Waals surface area contributed by atoms with Crippen LogP contribution in [0.3, 0.4) is 0 Å². The van der Waals surface area contributed by atoms with Crippen LogP contribution in [0.4, 0.5) is 15.8 Å². The molecule has 96 valence electrons. The highest BCUT2D eigenvalue weighted by Gasteiger charge is 2.34. The number of hydrogen-bond donors (Lipinski definition) is 1. The number of nitrogens with zero attached hydrogens (tertiary/aromatic N) is 2. The van der Waals surface area contributed by atoms with Gasteiger partial charge >= 0.3 is 5.97 Å². The van der Waals surface area contributed by atoms with Gasteiger partial charge in [0, 0.05) is 25.1 Å². The zero-order chi connectivity index (χ0) is 13.3. The summed E-state index contributed by atoms with van der Waals surface area (Å²) in [4.78, 5) is 22.1. The van der Waals surface area contributed by atoms with E-state index in [2.05, 4.69) is 0 Å². The molecule has 1 aromatic rings. The number of nitro groups is 1. The second-order valence-corrected chi connectivity index (χ2v) is 4.23. The van der Waals surface area contributed by atoms with E-state index in [1.165, 1.54) is 17.0 Å². The Bertz CT molecular complexity index is 500. The fraction of sp³-hybridized carbons (Fsp3) is 0.364. The van der Waals surface area contributed by atoms with Crippen molar-refractivity contribution in [1.82, 2.24) is 0 Å². The van der Waals surface area contributed by atoms with Crippen molar-refractivity contribution in [1.29, 1.82) is 0 Å². The van der Waals surface area contributed by atoms with Gasteiger partial charge < -0.3 is 10.0 Å². The first kappa shape index (κ1) is 12.3. The van der Waals surface area contributed by atoms with Crippen LogP contribution in [0.25, 0.3) is 0 Å². The van der Waals surface area contributed by atoms with E-state index in [1.54, 1.807) is 0 Å². The average Bonchev–Trinajstić information content (AvgIpc) is 2.23. The molecule has 0 spiro atoms. The zero-order valence-corrected chi connectivity index (χ0v) is 9.38. The summed E-state index contributed by atoms with van der Waals surface area (Å²) in [5.41, 5.74) is -0.340. The average molecular weight is 254 g/mol. The number of rotatable bonds is 4. The maximum absolute atomic E-state index is 13.6. The van der Waals surface area contributed by atoms with Crippen molar-refractivity contribution in [2.45, 2.75) is 6.42 Å². The Kier molecular flexibility index (Phi) is 3.14. The van der Waals surface area contributed by atoms with Crippen molar-refractivity contribution in [2.75, 3.05) is 18.0 Å². The van der Waals surface area contributed by atoms with E-state index < -0.39 is 16.7 Å². The Balaban J connectivity index is 2.16. The molecule has 1 aliphatic rings. The van der Waals surface area contributed by atoms with E-state index in [4.69, 9.17) is 5.11 Å². The summed E-state index contributed by atoms with van der Waals surface area (Å²) in [7, 11) is 0. The van der Waals surface area contributed by atoms with Gasteiger partial charge in [0.25, 0.3) is 5.69 Å². The number of carbonyl (C=O) groups is 1. The molecule has 0 saturated carbocycles. The van der Waals surface area contributed by atoms with Crippen molar-refractivity contribution in [2.24, 2.45) is 5.92 Å². The number of carboxylic acids is 1. The summed E-state index contributed by atoms with van der Waals surface area (Å²) in [5, 5.41) is 19.4. The highest BCUT2D eigenvalue weighted by molar-refractivity contribution is 5.69. The van der Waals surface area contributed by atoms with E-state index in [1.807, 2.05) is 0 Å². The summed E-state index contributed by atoms with van der Waals surface area (Å²) in [6.07, 6.45) is -0.00124. The lowest BCUT2D eigenvalue weighted by Gasteiger charge is -2.40. The first-order chi connectivity index (χ1) is 8.49. The summed E-state index contributed by atoms with van der Waals surface area (Å²) in [5.74, 6) is -1.65. The molecular weight excluding hydrogens is 243 g/mol. The molecule has 0 atom stereocenters. The topological polar surface area (TPSA) is 83.7 Å². The Hall–Kier alpha value is -2.18. The summed E-state index contributed by atoms with van der Waals surface area (Å²) >= 11 is 0. The molecule has 1 saturated heterocycles. The number of halogens is 1. The van der Waals surface area contributed by atoms with Gasteiger partial charge in [-0.2, -0.15) is 0 Å². The first-order valence-corrected chi connectivity index (χ1v) is 5.38. The molecule has 6 nitrogen and oxygen atoms in total. The number of aliphatic carboxylic acids is 1. The van der Waals surface area contributed by atoms with Gasteiger partial charge in [0.2, 0.25) is 0 Å². The zero-order valence-electron chi connectivity index (χ0n) is 9.38. The molecule has 0 unspecified atom stereocenters.